The summed E-state index contributed by atoms with van der Waals surface area (Å²) in [5.74, 6) is 1.09. The molecule has 2 heterocycles. The maximum Gasteiger partial charge on any atom is 0.246 e. The summed E-state index contributed by atoms with van der Waals surface area (Å²) in [5.41, 5.74) is 3.40. The van der Waals surface area contributed by atoms with E-state index in [1.165, 1.54) is 5.56 Å². The molecule has 0 saturated heterocycles. The van der Waals surface area contributed by atoms with E-state index in [9.17, 15) is 4.79 Å². The lowest BCUT2D eigenvalue weighted by molar-refractivity contribution is -0.131. The van der Waals surface area contributed by atoms with E-state index in [4.69, 9.17) is 4.52 Å². The Hall–Kier alpha value is -2.47. The molecule has 0 unspecified atom stereocenters. The topological polar surface area (TPSA) is 59.2 Å². The highest BCUT2D eigenvalue weighted by molar-refractivity contribution is 7.13. The van der Waals surface area contributed by atoms with E-state index in [0.29, 0.717) is 31.2 Å². The number of amides is 1. The number of likely N-dealkylation sites (N-methyl/N-ethyl adjacent to an activating group) is 1. The van der Waals surface area contributed by atoms with Crippen LogP contribution in [0, 0.1) is 13.8 Å². The Kier molecular flexibility index (Phi) is 5.28. The molecule has 0 N–H and O–H groups in total. The van der Waals surface area contributed by atoms with Gasteiger partial charge in [-0.25, -0.2) is 0 Å². The van der Waals surface area contributed by atoms with Crippen LogP contribution in [0.25, 0.3) is 10.7 Å². The first-order chi connectivity index (χ1) is 12.1. The summed E-state index contributed by atoms with van der Waals surface area (Å²) in [5, 5.41) is 5.97. The van der Waals surface area contributed by atoms with Crippen molar-refractivity contribution in [3.05, 3.63) is 58.3 Å². The molecule has 6 heteroatoms. The van der Waals surface area contributed by atoms with Gasteiger partial charge in [-0.05, 0) is 43.3 Å². The summed E-state index contributed by atoms with van der Waals surface area (Å²) in [4.78, 5) is 19.8. The minimum Gasteiger partial charge on any atom is -0.337 e. The van der Waals surface area contributed by atoms with Gasteiger partial charge in [0, 0.05) is 6.54 Å². The summed E-state index contributed by atoms with van der Waals surface area (Å²) in [6, 6.07) is 10.1. The molecule has 0 atom stereocenters. The molecule has 1 aromatic carbocycles. The van der Waals surface area contributed by atoms with Crippen LogP contribution in [0.1, 0.15) is 29.5 Å². The highest BCUT2D eigenvalue weighted by atomic mass is 32.1. The molecule has 3 rings (SSSR count). The van der Waals surface area contributed by atoms with Crippen LogP contribution in [0.5, 0.6) is 0 Å². The number of rotatable bonds is 6. The average Bonchev–Trinajstić information content (AvgIpc) is 3.26. The Labute approximate surface area is 151 Å². The molecular weight excluding hydrogens is 334 g/mol. The zero-order valence-corrected chi connectivity index (χ0v) is 15.5. The molecule has 0 aliphatic carbocycles. The Morgan fingerprint density at radius 3 is 2.80 bits per heavy atom. The molecule has 3 aromatic rings. The number of nitrogens with zero attached hydrogens (tertiary/aromatic N) is 3. The Balaban J connectivity index is 1.68. The van der Waals surface area contributed by atoms with Crippen LogP contribution in [-0.4, -0.2) is 27.5 Å². The third-order valence-electron chi connectivity index (χ3n) is 4.11. The van der Waals surface area contributed by atoms with Gasteiger partial charge >= 0.3 is 0 Å². The fraction of sp³-hybridized carbons (Fsp3) is 0.316. The maximum atomic E-state index is 12.7. The number of benzene rings is 1. The van der Waals surface area contributed by atoms with Crippen LogP contribution in [-0.2, 0) is 17.8 Å². The van der Waals surface area contributed by atoms with Crippen molar-refractivity contribution in [2.75, 3.05) is 6.54 Å². The first-order valence-corrected chi connectivity index (χ1v) is 9.15. The van der Waals surface area contributed by atoms with Crippen LogP contribution in [0.2, 0.25) is 0 Å². The largest absolute Gasteiger partial charge is 0.337 e. The molecule has 0 radical (unpaired) electrons. The molecule has 25 heavy (non-hydrogen) atoms. The van der Waals surface area contributed by atoms with E-state index in [-0.39, 0.29) is 5.91 Å². The molecule has 2 aromatic heterocycles. The highest BCUT2D eigenvalue weighted by Gasteiger charge is 2.18. The van der Waals surface area contributed by atoms with E-state index in [1.54, 1.807) is 16.2 Å². The van der Waals surface area contributed by atoms with Gasteiger partial charge in [0.1, 0.15) is 0 Å². The fourth-order valence-corrected chi connectivity index (χ4v) is 3.33. The number of carbonyl (C=O) groups is 1. The van der Waals surface area contributed by atoms with Gasteiger partial charge in [-0.1, -0.05) is 35.0 Å². The summed E-state index contributed by atoms with van der Waals surface area (Å²) >= 11 is 1.56. The first-order valence-electron chi connectivity index (χ1n) is 8.27. The predicted molar refractivity (Wildman–Crippen MR) is 98.3 cm³/mol. The number of aromatic nitrogens is 2. The van der Waals surface area contributed by atoms with Crippen molar-refractivity contribution in [1.29, 1.82) is 0 Å². The summed E-state index contributed by atoms with van der Waals surface area (Å²) in [7, 11) is 0. The van der Waals surface area contributed by atoms with Crippen molar-refractivity contribution in [3.63, 3.8) is 0 Å². The Morgan fingerprint density at radius 2 is 2.12 bits per heavy atom. The van der Waals surface area contributed by atoms with Crippen molar-refractivity contribution >= 4 is 17.2 Å². The third-order valence-corrected chi connectivity index (χ3v) is 4.98. The molecule has 130 valence electrons. The van der Waals surface area contributed by atoms with Gasteiger partial charge in [0.25, 0.3) is 0 Å². The summed E-state index contributed by atoms with van der Waals surface area (Å²) in [6.45, 7) is 6.98. The monoisotopic (exact) mass is 355 g/mol. The van der Waals surface area contributed by atoms with Gasteiger partial charge in [-0.3, -0.25) is 4.79 Å². The highest BCUT2D eigenvalue weighted by Crippen LogP contribution is 2.21. The molecule has 0 bridgehead atoms. The molecule has 0 aliphatic rings. The number of carbonyl (C=O) groups excluding carboxylic acids is 1. The van der Waals surface area contributed by atoms with Crippen LogP contribution >= 0.6 is 11.3 Å². The van der Waals surface area contributed by atoms with E-state index in [1.807, 2.05) is 43.5 Å². The zero-order valence-electron chi connectivity index (χ0n) is 14.7. The van der Waals surface area contributed by atoms with Crippen molar-refractivity contribution in [1.82, 2.24) is 15.0 Å². The van der Waals surface area contributed by atoms with E-state index in [2.05, 4.69) is 23.1 Å². The van der Waals surface area contributed by atoms with Gasteiger partial charge in [0.15, 0.2) is 0 Å². The van der Waals surface area contributed by atoms with Gasteiger partial charge in [0.2, 0.25) is 17.6 Å². The van der Waals surface area contributed by atoms with Crippen molar-refractivity contribution < 1.29 is 9.32 Å². The fourth-order valence-electron chi connectivity index (χ4n) is 2.68. The second-order valence-corrected chi connectivity index (χ2v) is 6.95. The lowest BCUT2D eigenvalue weighted by Gasteiger charge is -2.19. The van der Waals surface area contributed by atoms with Crippen LogP contribution in [0.15, 0.2) is 40.2 Å². The predicted octanol–water partition coefficient (Wildman–Crippen LogP) is 4.01. The second kappa shape index (κ2) is 7.61. The average molecular weight is 355 g/mol. The molecule has 5 nitrogen and oxygen atoms in total. The molecule has 0 spiro atoms. The zero-order chi connectivity index (χ0) is 17.8. The summed E-state index contributed by atoms with van der Waals surface area (Å²) < 4.78 is 5.31. The van der Waals surface area contributed by atoms with E-state index < -0.39 is 0 Å². The molecular formula is C19H21N3O2S. The lowest BCUT2D eigenvalue weighted by atomic mass is 10.0. The van der Waals surface area contributed by atoms with Crippen molar-refractivity contribution in [2.24, 2.45) is 0 Å². The van der Waals surface area contributed by atoms with Gasteiger partial charge in [-0.15, -0.1) is 11.3 Å². The quantitative estimate of drug-likeness (QED) is 0.670. The smallest absolute Gasteiger partial charge is 0.246 e. The van der Waals surface area contributed by atoms with E-state index in [0.717, 1.165) is 16.0 Å². The first kappa shape index (κ1) is 17.4. The molecule has 0 aliphatic heterocycles. The third kappa shape index (κ3) is 4.14. The van der Waals surface area contributed by atoms with Crippen LogP contribution in [0.4, 0.5) is 0 Å². The maximum absolute atomic E-state index is 12.7. The van der Waals surface area contributed by atoms with Gasteiger partial charge < -0.3 is 9.42 Å². The number of hydrogen-bond donors (Lipinski definition) is 0. The van der Waals surface area contributed by atoms with Gasteiger partial charge in [-0.2, -0.15) is 4.98 Å². The van der Waals surface area contributed by atoms with Crippen molar-refractivity contribution in [2.45, 2.75) is 33.7 Å². The molecule has 1 amide bonds. The second-order valence-electron chi connectivity index (χ2n) is 6.00. The number of aryl methyl sites for hydroxylation is 2. The summed E-state index contributed by atoms with van der Waals surface area (Å²) in [6.07, 6.45) is 0.381. The van der Waals surface area contributed by atoms with E-state index >= 15 is 0 Å². The molecule has 0 saturated carbocycles. The van der Waals surface area contributed by atoms with Crippen LogP contribution < -0.4 is 0 Å². The Morgan fingerprint density at radius 1 is 1.28 bits per heavy atom. The SMILES string of the molecule is CCN(Cc1nc(-c2cccs2)no1)C(=O)Cc1ccc(C)cc1C. The minimum atomic E-state index is 0.0605. The normalized spacial score (nSPS) is 10.8. The minimum absolute atomic E-state index is 0.0605. The number of thiophene rings is 1. The van der Waals surface area contributed by atoms with Gasteiger partial charge in [0.05, 0.1) is 17.8 Å². The standard InChI is InChI=1S/C19H21N3O2S/c1-4-22(18(23)11-15-8-7-13(2)10-14(15)3)12-17-20-19(21-24-17)16-6-5-9-25-16/h5-10H,4,11-12H2,1-3H3. The van der Waals surface area contributed by atoms with Crippen molar-refractivity contribution in [3.8, 4) is 10.7 Å². The van der Waals surface area contributed by atoms with Crippen LogP contribution in [0.3, 0.4) is 0 Å². The Bertz CT molecular complexity index is 855. The number of hydrogen-bond acceptors (Lipinski definition) is 5. The molecule has 0 fully saturated rings. The lowest BCUT2D eigenvalue weighted by Crippen LogP contribution is -2.31.